The smallest absolute Gasteiger partial charge is 0.336 e. The number of fused-ring (bicyclic) bond motifs is 2. The molecule has 0 radical (unpaired) electrons. The van der Waals surface area contributed by atoms with E-state index in [1.54, 1.807) is 6.07 Å². The van der Waals surface area contributed by atoms with E-state index >= 15 is 0 Å². The average Bonchev–Trinajstić information content (AvgIpc) is 2.97. The van der Waals surface area contributed by atoms with E-state index in [9.17, 15) is 9.59 Å². The highest BCUT2D eigenvalue weighted by Gasteiger charge is 2.39. The predicted molar refractivity (Wildman–Crippen MR) is 98.1 cm³/mol. The lowest BCUT2D eigenvalue weighted by Gasteiger charge is -2.25. The Morgan fingerprint density at radius 3 is 2.85 bits per heavy atom. The van der Waals surface area contributed by atoms with E-state index in [2.05, 4.69) is 17.9 Å². The zero-order valence-electron chi connectivity index (χ0n) is 15.2. The molecule has 6 heteroatoms. The fourth-order valence-corrected chi connectivity index (χ4v) is 4.02. The van der Waals surface area contributed by atoms with Crippen LogP contribution in [0.1, 0.15) is 24.5 Å². The predicted octanol–water partition coefficient (Wildman–Crippen LogP) is 1.79. The number of nitrogens with zero attached hydrogens (tertiary/aromatic N) is 2. The Hall–Kier alpha value is -2.18. The van der Waals surface area contributed by atoms with Crippen molar-refractivity contribution in [3.8, 4) is 0 Å². The molecule has 26 heavy (non-hydrogen) atoms. The highest BCUT2D eigenvalue weighted by atomic mass is 16.5. The summed E-state index contributed by atoms with van der Waals surface area (Å²) < 4.78 is 11.3. The average molecular weight is 356 g/mol. The molecule has 2 aromatic rings. The van der Waals surface area contributed by atoms with Crippen LogP contribution in [0.15, 0.2) is 33.5 Å². The molecule has 4 rings (SSSR count). The van der Waals surface area contributed by atoms with Gasteiger partial charge in [-0.1, -0.05) is 13.0 Å². The molecule has 0 saturated carbocycles. The zero-order valence-corrected chi connectivity index (χ0v) is 15.2. The Kier molecular flexibility index (Phi) is 4.54. The van der Waals surface area contributed by atoms with E-state index in [4.69, 9.17) is 9.15 Å². The molecule has 6 nitrogen and oxygen atoms in total. The van der Waals surface area contributed by atoms with Crippen LogP contribution in [0, 0.1) is 0 Å². The van der Waals surface area contributed by atoms with E-state index in [1.165, 1.54) is 5.56 Å². The SMILES string of the molecule is CCc1ccc2oc(=O)cc(CN3C[C@@H]4OCCC(=O)N(C)[C@H]4C3)c2c1. The molecule has 2 atom stereocenters. The van der Waals surface area contributed by atoms with Crippen LogP contribution >= 0.6 is 0 Å². The molecule has 0 unspecified atom stereocenters. The van der Waals surface area contributed by atoms with E-state index in [0.29, 0.717) is 25.2 Å². The van der Waals surface area contributed by atoms with Gasteiger partial charge in [0.1, 0.15) is 5.58 Å². The normalized spacial score (nSPS) is 24.1. The third-order valence-electron chi connectivity index (χ3n) is 5.55. The van der Waals surface area contributed by atoms with Crippen molar-refractivity contribution in [2.75, 3.05) is 26.7 Å². The van der Waals surface area contributed by atoms with Gasteiger partial charge in [0, 0.05) is 38.1 Å². The highest BCUT2D eigenvalue weighted by molar-refractivity contribution is 5.81. The quantitative estimate of drug-likeness (QED) is 0.785. The maximum absolute atomic E-state index is 12.1. The summed E-state index contributed by atoms with van der Waals surface area (Å²) >= 11 is 0. The first-order valence-electron chi connectivity index (χ1n) is 9.20. The molecule has 3 heterocycles. The summed E-state index contributed by atoms with van der Waals surface area (Å²) in [4.78, 5) is 28.1. The van der Waals surface area contributed by atoms with Gasteiger partial charge in [0.15, 0.2) is 0 Å². The summed E-state index contributed by atoms with van der Waals surface area (Å²) in [5.41, 5.74) is 2.49. The van der Waals surface area contributed by atoms with E-state index < -0.39 is 0 Å². The number of aryl methyl sites for hydroxylation is 1. The van der Waals surface area contributed by atoms with Gasteiger partial charge < -0.3 is 14.1 Å². The van der Waals surface area contributed by atoms with Gasteiger partial charge in [-0.25, -0.2) is 4.79 Å². The lowest BCUT2D eigenvalue weighted by Crippen LogP contribution is -2.42. The second-order valence-electron chi connectivity index (χ2n) is 7.20. The molecule has 2 saturated heterocycles. The number of rotatable bonds is 3. The van der Waals surface area contributed by atoms with Crippen LogP contribution in [0.25, 0.3) is 11.0 Å². The van der Waals surface area contributed by atoms with Crippen molar-refractivity contribution in [1.29, 1.82) is 0 Å². The number of carbonyl (C=O) groups excluding carboxylic acids is 1. The number of ether oxygens (including phenoxy) is 1. The van der Waals surface area contributed by atoms with Gasteiger partial charge in [-0.05, 0) is 29.7 Å². The summed E-state index contributed by atoms with van der Waals surface area (Å²) in [6.07, 6.45) is 1.42. The van der Waals surface area contributed by atoms with E-state index in [1.807, 2.05) is 24.1 Å². The summed E-state index contributed by atoms with van der Waals surface area (Å²) in [7, 11) is 1.86. The second kappa shape index (κ2) is 6.85. The van der Waals surface area contributed by atoms with Crippen molar-refractivity contribution in [2.45, 2.75) is 38.5 Å². The molecule has 1 aromatic heterocycles. The van der Waals surface area contributed by atoms with Gasteiger partial charge in [0.05, 0.1) is 25.2 Å². The molecular weight excluding hydrogens is 332 g/mol. The summed E-state index contributed by atoms with van der Waals surface area (Å²) in [6.45, 7) is 4.75. The second-order valence-corrected chi connectivity index (χ2v) is 7.20. The standard InChI is InChI=1S/C20H24N2O4/c1-3-13-4-5-17-15(8-13)14(9-20(24)26-17)10-22-11-16-18(12-22)25-7-6-19(23)21(16)2/h4-5,8-9,16,18H,3,6-7,10-12H2,1-2H3/t16-,18-/m0/s1. The van der Waals surface area contributed by atoms with Gasteiger partial charge in [0.2, 0.25) is 5.91 Å². The van der Waals surface area contributed by atoms with Crippen LogP contribution in [-0.2, 0) is 22.5 Å². The number of carbonyl (C=O) groups is 1. The maximum atomic E-state index is 12.1. The molecular formula is C20H24N2O4. The number of amides is 1. The van der Waals surface area contributed by atoms with Crippen molar-refractivity contribution >= 4 is 16.9 Å². The minimum absolute atomic E-state index is 0.0315. The molecule has 0 spiro atoms. The number of benzene rings is 1. The largest absolute Gasteiger partial charge is 0.423 e. The molecule has 1 aromatic carbocycles. The van der Waals surface area contributed by atoms with E-state index in [-0.39, 0.29) is 23.7 Å². The molecule has 2 aliphatic rings. The van der Waals surface area contributed by atoms with Crippen molar-refractivity contribution in [2.24, 2.45) is 0 Å². The first-order chi connectivity index (χ1) is 12.5. The molecule has 1 amide bonds. The van der Waals surface area contributed by atoms with Gasteiger partial charge >= 0.3 is 5.63 Å². The molecule has 138 valence electrons. The Labute approximate surface area is 152 Å². The topological polar surface area (TPSA) is 63.0 Å². The van der Waals surface area contributed by atoms with Crippen LogP contribution in [0.4, 0.5) is 0 Å². The third kappa shape index (κ3) is 3.15. The first-order valence-corrected chi connectivity index (χ1v) is 9.20. The van der Waals surface area contributed by atoms with Gasteiger partial charge in [-0.2, -0.15) is 0 Å². The lowest BCUT2D eigenvalue weighted by molar-refractivity contribution is -0.131. The molecule has 0 aliphatic carbocycles. The number of likely N-dealkylation sites (N-methyl/N-ethyl adjacent to an activating group) is 1. The van der Waals surface area contributed by atoms with E-state index in [0.717, 1.165) is 30.5 Å². The van der Waals surface area contributed by atoms with Crippen LogP contribution < -0.4 is 5.63 Å². The minimum atomic E-state index is -0.325. The summed E-state index contributed by atoms with van der Waals surface area (Å²) in [5, 5.41) is 0.987. The van der Waals surface area contributed by atoms with Crippen LogP contribution in [0.2, 0.25) is 0 Å². The molecule has 2 fully saturated rings. The summed E-state index contributed by atoms with van der Waals surface area (Å²) in [5.74, 6) is 0.137. The maximum Gasteiger partial charge on any atom is 0.336 e. The fourth-order valence-electron chi connectivity index (χ4n) is 4.02. The fraction of sp³-hybridized carbons (Fsp3) is 0.500. The van der Waals surface area contributed by atoms with Gasteiger partial charge in [-0.15, -0.1) is 0 Å². The van der Waals surface area contributed by atoms with Gasteiger partial charge in [0.25, 0.3) is 0 Å². The van der Waals surface area contributed by atoms with Crippen molar-refractivity contribution in [3.63, 3.8) is 0 Å². The van der Waals surface area contributed by atoms with Crippen LogP contribution in [0.3, 0.4) is 0 Å². The Balaban J connectivity index is 1.62. The lowest BCUT2D eigenvalue weighted by atomic mass is 10.1. The van der Waals surface area contributed by atoms with Crippen LogP contribution in [-0.4, -0.2) is 54.6 Å². The zero-order chi connectivity index (χ0) is 18.3. The Morgan fingerprint density at radius 1 is 1.19 bits per heavy atom. The highest BCUT2D eigenvalue weighted by Crippen LogP contribution is 2.26. The molecule has 2 aliphatic heterocycles. The number of hydrogen-bond donors (Lipinski definition) is 0. The van der Waals surface area contributed by atoms with Crippen molar-refractivity contribution in [1.82, 2.24) is 9.80 Å². The monoisotopic (exact) mass is 356 g/mol. The van der Waals surface area contributed by atoms with Gasteiger partial charge in [-0.3, -0.25) is 9.69 Å². The minimum Gasteiger partial charge on any atom is -0.423 e. The third-order valence-corrected chi connectivity index (χ3v) is 5.55. The number of likely N-dealkylation sites (tertiary alicyclic amines) is 1. The molecule has 0 bridgehead atoms. The first kappa shape index (κ1) is 17.2. The van der Waals surface area contributed by atoms with Crippen molar-refractivity contribution in [3.05, 3.63) is 45.8 Å². The molecule has 0 N–H and O–H groups in total. The number of hydrogen-bond acceptors (Lipinski definition) is 5. The summed E-state index contributed by atoms with van der Waals surface area (Å²) in [6, 6.07) is 7.64. The van der Waals surface area contributed by atoms with Crippen molar-refractivity contribution < 1.29 is 13.9 Å². The Bertz CT molecular complexity index is 891. The Morgan fingerprint density at radius 2 is 2.04 bits per heavy atom. The van der Waals surface area contributed by atoms with Crippen LogP contribution in [0.5, 0.6) is 0 Å².